The molecule has 3 N–H and O–H groups in total. The molecule has 0 atom stereocenters. The second kappa shape index (κ2) is 12.0. The number of hydrogen-bond donors (Lipinski definition) is 3. The van der Waals surface area contributed by atoms with Crippen LogP contribution in [-0.2, 0) is 11.2 Å². The van der Waals surface area contributed by atoms with Gasteiger partial charge in [0.1, 0.15) is 5.75 Å². The number of likely N-dealkylation sites (tertiary alicyclic amines) is 1. The number of halogens is 3. The molecule has 1 saturated heterocycles. The summed E-state index contributed by atoms with van der Waals surface area (Å²) in [6, 6.07) is 7.66. The van der Waals surface area contributed by atoms with E-state index in [0.29, 0.717) is 45.4 Å². The first-order chi connectivity index (χ1) is 18.3. The minimum absolute atomic E-state index is 0.170. The van der Waals surface area contributed by atoms with Crippen molar-refractivity contribution in [2.45, 2.75) is 39.0 Å². The van der Waals surface area contributed by atoms with Gasteiger partial charge in [-0.05, 0) is 81.4 Å². The number of pyridine rings is 1. The van der Waals surface area contributed by atoms with Crippen LogP contribution in [0, 0.1) is 29.8 Å². The zero-order valence-electron chi connectivity index (χ0n) is 21.6. The molecule has 3 aromatic rings. The van der Waals surface area contributed by atoms with Gasteiger partial charge in [-0.2, -0.15) is 0 Å². The van der Waals surface area contributed by atoms with E-state index < -0.39 is 22.9 Å². The number of aryl methyl sites for hydroxylation is 2. The minimum Gasteiger partial charge on any atom is -0.497 e. The molecule has 1 aliphatic rings. The smallest absolute Gasteiger partial charge is 0.249 e. The molecule has 2 aromatic carbocycles. The van der Waals surface area contributed by atoms with Gasteiger partial charge in [0.05, 0.1) is 18.0 Å². The molecule has 204 valence electrons. The Labute approximate surface area is 220 Å². The van der Waals surface area contributed by atoms with Crippen LogP contribution >= 0.6 is 0 Å². The summed E-state index contributed by atoms with van der Waals surface area (Å²) in [6.07, 6.45) is 5.14. The monoisotopic (exact) mass is 530 g/mol. The first-order valence-electron chi connectivity index (χ1n) is 12.7. The molecule has 0 saturated carbocycles. The predicted molar refractivity (Wildman–Crippen MR) is 139 cm³/mol. The maximum Gasteiger partial charge on any atom is 0.249 e. The number of anilines is 1. The summed E-state index contributed by atoms with van der Waals surface area (Å²) in [5.74, 6) is -3.57. The highest BCUT2D eigenvalue weighted by atomic mass is 19.2. The molecule has 0 spiro atoms. The van der Waals surface area contributed by atoms with Crippen molar-refractivity contribution >= 4 is 22.5 Å². The quantitative estimate of drug-likeness (QED) is 0.195. The van der Waals surface area contributed by atoms with Gasteiger partial charge in [0.15, 0.2) is 17.5 Å². The van der Waals surface area contributed by atoms with Gasteiger partial charge in [0.2, 0.25) is 5.91 Å². The van der Waals surface area contributed by atoms with Gasteiger partial charge in [-0.15, -0.1) is 0 Å². The Kier molecular flexibility index (Phi) is 8.73. The minimum atomic E-state index is -1.49. The van der Waals surface area contributed by atoms with Gasteiger partial charge in [0, 0.05) is 42.5 Å². The number of amides is 1. The van der Waals surface area contributed by atoms with Gasteiger partial charge in [-0.25, -0.2) is 18.7 Å². The standard InChI is InChI=1S/C28H33F3N4O3/c1-18-17-33-25-6-5-20(38-2)16-22(25)21(18)4-3-7-28(27(36)34-37)8-11-35(12-9-28)13-10-32-19-14-23(29)26(31)24(30)15-19/h5-6,14-17,32,37H,3-4,7-13H2,1-2H3,(H,34,36). The molecule has 4 rings (SSSR count). The van der Waals surface area contributed by atoms with Crippen LogP contribution in [0.25, 0.3) is 10.9 Å². The number of benzene rings is 2. The number of methoxy groups -OCH3 is 1. The van der Waals surface area contributed by atoms with Crippen LogP contribution in [0.3, 0.4) is 0 Å². The summed E-state index contributed by atoms with van der Waals surface area (Å²) in [5, 5.41) is 13.4. The number of ether oxygens (including phenoxy) is 1. The van der Waals surface area contributed by atoms with E-state index in [9.17, 15) is 23.2 Å². The molecule has 10 heteroatoms. The Morgan fingerprint density at radius 1 is 1.16 bits per heavy atom. The highest BCUT2D eigenvalue weighted by Crippen LogP contribution is 2.37. The molecule has 7 nitrogen and oxygen atoms in total. The summed E-state index contributed by atoms with van der Waals surface area (Å²) in [5.41, 5.74) is 4.50. The van der Waals surface area contributed by atoms with E-state index in [1.165, 1.54) is 5.56 Å². The van der Waals surface area contributed by atoms with E-state index in [1.807, 2.05) is 36.8 Å². The normalized spacial score (nSPS) is 15.4. The van der Waals surface area contributed by atoms with E-state index in [2.05, 4.69) is 15.2 Å². The molecule has 0 radical (unpaired) electrons. The molecule has 1 aromatic heterocycles. The summed E-state index contributed by atoms with van der Waals surface area (Å²) >= 11 is 0. The van der Waals surface area contributed by atoms with Crippen LogP contribution in [0.1, 0.15) is 36.8 Å². The lowest BCUT2D eigenvalue weighted by molar-refractivity contribution is -0.143. The van der Waals surface area contributed by atoms with Crippen molar-refractivity contribution in [3.63, 3.8) is 0 Å². The lowest BCUT2D eigenvalue weighted by Gasteiger charge is -2.40. The number of fused-ring (bicyclic) bond motifs is 1. The van der Waals surface area contributed by atoms with Crippen LogP contribution in [0.5, 0.6) is 5.75 Å². The molecule has 0 aliphatic carbocycles. The average Bonchev–Trinajstić information content (AvgIpc) is 2.93. The number of rotatable bonds is 10. The van der Waals surface area contributed by atoms with E-state index in [-0.39, 0.29) is 11.6 Å². The molecular weight excluding hydrogens is 497 g/mol. The van der Waals surface area contributed by atoms with Crippen LogP contribution < -0.4 is 15.5 Å². The van der Waals surface area contributed by atoms with Gasteiger partial charge in [-0.1, -0.05) is 0 Å². The Morgan fingerprint density at radius 3 is 2.53 bits per heavy atom. The molecule has 1 fully saturated rings. The summed E-state index contributed by atoms with van der Waals surface area (Å²) in [6.45, 7) is 4.28. The van der Waals surface area contributed by atoms with Crippen molar-refractivity contribution in [2.75, 3.05) is 38.6 Å². The summed E-state index contributed by atoms with van der Waals surface area (Å²) in [7, 11) is 1.63. The topological polar surface area (TPSA) is 86.7 Å². The number of nitrogens with one attached hydrogen (secondary N) is 2. The number of carbonyl (C=O) groups excluding carboxylic acids is 1. The first kappa shape index (κ1) is 27.7. The van der Waals surface area contributed by atoms with Crippen molar-refractivity contribution in [2.24, 2.45) is 5.41 Å². The van der Waals surface area contributed by atoms with Crippen molar-refractivity contribution in [1.82, 2.24) is 15.4 Å². The first-order valence-corrected chi connectivity index (χ1v) is 12.7. The molecule has 0 unspecified atom stereocenters. The van der Waals surface area contributed by atoms with E-state index in [0.717, 1.165) is 47.2 Å². The fraction of sp³-hybridized carbons (Fsp3) is 0.429. The van der Waals surface area contributed by atoms with Gasteiger partial charge >= 0.3 is 0 Å². The Hall–Kier alpha value is -3.37. The van der Waals surface area contributed by atoms with Crippen LogP contribution in [0.15, 0.2) is 36.5 Å². The van der Waals surface area contributed by atoms with Crippen LogP contribution in [-0.4, -0.2) is 54.3 Å². The average molecular weight is 531 g/mol. The molecule has 2 heterocycles. The third-order valence-corrected chi connectivity index (χ3v) is 7.62. The SMILES string of the molecule is COc1ccc2ncc(C)c(CCCC3(C(=O)NO)CCN(CCNc4cc(F)c(F)c(F)c4)CC3)c2c1. The summed E-state index contributed by atoms with van der Waals surface area (Å²) in [4.78, 5) is 19.4. The van der Waals surface area contributed by atoms with Crippen molar-refractivity contribution in [3.8, 4) is 5.75 Å². The van der Waals surface area contributed by atoms with Crippen molar-refractivity contribution < 1.29 is 27.9 Å². The lowest BCUT2D eigenvalue weighted by Crippen LogP contribution is -2.49. The van der Waals surface area contributed by atoms with E-state index >= 15 is 0 Å². The maximum absolute atomic E-state index is 13.4. The van der Waals surface area contributed by atoms with Crippen LogP contribution in [0.2, 0.25) is 0 Å². The maximum atomic E-state index is 13.4. The third-order valence-electron chi connectivity index (χ3n) is 7.62. The van der Waals surface area contributed by atoms with E-state index in [4.69, 9.17) is 4.74 Å². The predicted octanol–water partition coefficient (Wildman–Crippen LogP) is 4.99. The number of hydroxylamine groups is 1. The number of carbonyl (C=O) groups is 1. The largest absolute Gasteiger partial charge is 0.497 e. The summed E-state index contributed by atoms with van der Waals surface area (Å²) < 4.78 is 45.4. The van der Waals surface area contributed by atoms with Gasteiger partial charge in [-0.3, -0.25) is 15.0 Å². The number of nitrogens with zero attached hydrogens (tertiary/aromatic N) is 2. The van der Waals surface area contributed by atoms with Crippen molar-refractivity contribution in [1.29, 1.82) is 0 Å². The number of aromatic nitrogens is 1. The van der Waals surface area contributed by atoms with Gasteiger partial charge < -0.3 is 15.0 Å². The number of piperidine rings is 1. The Morgan fingerprint density at radius 2 is 1.87 bits per heavy atom. The molecule has 1 amide bonds. The molecule has 0 bridgehead atoms. The zero-order chi connectivity index (χ0) is 27.3. The van der Waals surface area contributed by atoms with E-state index in [1.54, 1.807) is 7.11 Å². The molecular formula is C28H33F3N4O3. The zero-order valence-corrected chi connectivity index (χ0v) is 21.6. The second-order valence-corrected chi connectivity index (χ2v) is 9.90. The molecule has 38 heavy (non-hydrogen) atoms. The molecule has 1 aliphatic heterocycles. The van der Waals surface area contributed by atoms with Crippen LogP contribution in [0.4, 0.5) is 18.9 Å². The highest BCUT2D eigenvalue weighted by Gasteiger charge is 2.40. The fourth-order valence-corrected chi connectivity index (χ4v) is 5.32. The van der Waals surface area contributed by atoms with Gasteiger partial charge in [0.25, 0.3) is 0 Å². The fourth-order valence-electron chi connectivity index (χ4n) is 5.32. The third kappa shape index (κ3) is 6.02. The number of hydrogen-bond acceptors (Lipinski definition) is 6. The van der Waals surface area contributed by atoms with Crippen molar-refractivity contribution in [3.05, 3.63) is 65.1 Å². The lowest BCUT2D eigenvalue weighted by atomic mass is 9.73. The highest BCUT2D eigenvalue weighted by molar-refractivity contribution is 5.84. The Balaban J connectivity index is 1.35. The Bertz CT molecular complexity index is 1270. The second-order valence-electron chi connectivity index (χ2n) is 9.90.